The molecule has 0 heterocycles. The molecule has 0 amide bonds. The van der Waals surface area contributed by atoms with Crippen molar-refractivity contribution in [3.8, 4) is 0 Å². The summed E-state index contributed by atoms with van der Waals surface area (Å²) in [6, 6.07) is 0. The molecular formula is C8H13F3OS. The number of aliphatic hydroxyl groups excluding tert-OH is 1. The molecule has 0 aromatic carbocycles. The summed E-state index contributed by atoms with van der Waals surface area (Å²) in [6.07, 6.45) is 1.76. The zero-order chi connectivity index (χ0) is 10.5. The van der Waals surface area contributed by atoms with Crippen LogP contribution < -0.4 is 0 Å². The summed E-state index contributed by atoms with van der Waals surface area (Å²) in [7, 11) is 0. The summed E-state index contributed by atoms with van der Waals surface area (Å²) in [4.78, 5) is 0. The average molecular weight is 214 g/mol. The molecule has 0 saturated carbocycles. The Morgan fingerprint density at radius 3 is 2.31 bits per heavy atom. The van der Waals surface area contributed by atoms with Gasteiger partial charge in [-0.1, -0.05) is 24.8 Å². The Kier molecular flexibility index (Phi) is 4.85. The highest BCUT2D eigenvalue weighted by Gasteiger charge is 2.29. The lowest BCUT2D eigenvalue weighted by Gasteiger charge is -2.22. The molecule has 13 heavy (non-hydrogen) atoms. The fraction of sp³-hybridized carbons (Fsp3) is 0.750. The second-order valence-electron chi connectivity index (χ2n) is 3.06. The van der Waals surface area contributed by atoms with Gasteiger partial charge in [-0.3, -0.25) is 0 Å². The lowest BCUT2D eigenvalue weighted by molar-refractivity contribution is -0.0329. The van der Waals surface area contributed by atoms with Gasteiger partial charge in [-0.25, -0.2) is 0 Å². The molecule has 78 valence electrons. The number of hydrogen-bond acceptors (Lipinski definition) is 2. The first-order valence-electron chi connectivity index (χ1n) is 3.78. The van der Waals surface area contributed by atoms with Crippen molar-refractivity contribution in [3.63, 3.8) is 0 Å². The Hall–Kier alpha value is -0.160. The first-order valence-corrected chi connectivity index (χ1v) is 4.77. The van der Waals surface area contributed by atoms with Crippen LogP contribution in [0.2, 0.25) is 0 Å². The number of hydrogen-bond donors (Lipinski definition) is 1. The van der Waals surface area contributed by atoms with Crippen LogP contribution in [0.1, 0.15) is 13.3 Å². The molecule has 0 rings (SSSR count). The van der Waals surface area contributed by atoms with Crippen molar-refractivity contribution in [3.05, 3.63) is 12.7 Å². The van der Waals surface area contributed by atoms with Gasteiger partial charge in [-0.2, -0.15) is 13.2 Å². The van der Waals surface area contributed by atoms with E-state index in [4.69, 9.17) is 5.11 Å². The predicted octanol–water partition coefficient (Wildman–Crippen LogP) is 2.81. The maximum absolute atomic E-state index is 11.7. The third kappa shape index (κ3) is 5.99. The molecule has 0 aliphatic heterocycles. The highest BCUT2D eigenvalue weighted by Crippen LogP contribution is 2.33. The zero-order valence-corrected chi connectivity index (χ0v) is 8.21. The van der Waals surface area contributed by atoms with Crippen LogP contribution in [0.5, 0.6) is 0 Å². The Balaban J connectivity index is 3.81. The smallest absolute Gasteiger partial charge is 0.395 e. The topological polar surface area (TPSA) is 20.2 Å². The van der Waals surface area contributed by atoms with Crippen LogP contribution in [0.15, 0.2) is 12.7 Å². The van der Waals surface area contributed by atoms with Crippen LogP contribution in [0.25, 0.3) is 0 Å². The van der Waals surface area contributed by atoms with Crippen molar-refractivity contribution in [1.29, 1.82) is 0 Å². The number of alkyl halides is 3. The van der Waals surface area contributed by atoms with Gasteiger partial charge in [0.15, 0.2) is 0 Å². The van der Waals surface area contributed by atoms with Gasteiger partial charge < -0.3 is 5.11 Å². The van der Waals surface area contributed by atoms with E-state index >= 15 is 0 Å². The highest BCUT2D eigenvalue weighted by molar-refractivity contribution is 8.00. The number of thioether (sulfide) groups is 1. The maximum atomic E-state index is 11.7. The molecule has 0 aliphatic carbocycles. The molecular weight excluding hydrogens is 201 g/mol. The minimum Gasteiger partial charge on any atom is -0.395 e. The van der Waals surface area contributed by atoms with Crippen LogP contribution in [-0.2, 0) is 0 Å². The maximum Gasteiger partial charge on any atom is 0.441 e. The lowest BCUT2D eigenvalue weighted by atomic mass is 9.89. The lowest BCUT2D eigenvalue weighted by Crippen LogP contribution is -2.19. The number of rotatable bonds is 5. The van der Waals surface area contributed by atoms with Gasteiger partial charge in [0.2, 0.25) is 0 Å². The van der Waals surface area contributed by atoms with Gasteiger partial charge in [0, 0.05) is 11.2 Å². The highest BCUT2D eigenvalue weighted by atomic mass is 32.2. The fourth-order valence-electron chi connectivity index (χ4n) is 0.646. The molecule has 1 nitrogen and oxygen atoms in total. The first-order chi connectivity index (χ1) is 5.83. The Labute approximate surface area is 80.0 Å². The van der Waals surface area contributed by atoms with Crippen LogP contribution >= 0.6 is 11.8 Å². The van der Waals surface area contributed by atoms with Crippen LogP contribution in [0.3, 0.4) is 0 Å². The van der Waals surface area contributed by atoms with Gasteiger partial charge >= 0.3 is 5.51 Å². The minimum atomic E-state index is -4.18. The second-order valence-corrected chi connectivity index (χ2v) is 4.22. The Bertz CT molecular complexity index is 169. The normalized spacial score (nSPS) is 16.7. The first kappa shape index (κ1) is 12.8. The molecule has 0 radical (unpaired) electrons. The van der Waals surface area contributed by atoms with Crippen molar-refractivity contribution in [2.24, 2.45) is 5.41 Å². The van der Waals surface area contributed by atoms with Crippen molar-refractivity contribution >= 4 is 11.8 Å². The largest absolute Gasteiger partial charge is 0.441 e. The van der Waals surface area contributed by atoms with Crippen molar-refractivity contribution in [2.45, 2.75) is 18.9 Å². The van der Waals surface area contributed by atoms with E-state index in [-0.39, 0.29) is 30.5 Å². The van der Waals surface area contributed by atoms with Gasteiger partial charge in [-0.05, 0) is 6.42 Å². The molecule has 1 atom stereocenters. The Morgan fingerprint density at radius 2 is 2.00 bits per heavy atom. The van der Waals surface area contributed by atoms with Crippen LogP contribution in [-0.4, -0.2) is 23.0 Å². The molecule has 0 aromatic heterocycles. The molecule has 5 heteroatoms. The van der Waals surface area contributed by atoms with E-state index in [1.54, 1.807) is 6.92 Å². The van der Waals surface area contributed by atoms with Gasteiger partial charge in [0.25, 0.3) is 0 Å². The summed E-state index contributed by atoms with van der Waals surface area (Å²) in [5, 5.41) is 8.85. The van der Waals surface area contributed by atoms with Gasteiger partial charge in [0.1, 0.15) is 0 Å². The van der Waals surface area contributed by atoms with Crippen molar-refractivity contribution < 1.29 is 18.3 Å². The summed E-state index contributed by atoms with van der Waals surface area (Å²) in [5.74, 6) is -0.0490. The van der Waals surface area contributed by atoms with Crippen molar-refractivity contribution in [1.82, 2.24) is 0 Å². The standard InChI is InChI=1S/C8H13F3OS/c1-3-7(2,6-12)4-5-13-8(9,10)11/h3,12H,1,4-6H2,2H3. The summed E-state index contributed by atoms with van der Waals surface area (Å²) in [6.45, 7) is 4.97. The Morgan fingerprint density at radius 1 is 1.46 bits per heavy atom. The molecule has 0 spiro atoms. The zero-order valence-electron chi connectivity index (χ0n) is 7.40. The van der Waals surface area contributed by atoms with E-state index in [2.05, 4.69) is 6.58 Å². The molecule has 0 bridgehead atoms. The van der Waals surface area contributed by atoms with Gasteiger partial charge in [0.05, 0.1) is 6.61 Å². The monoisotopic (exact) mass is 214 g/mol. The van der Waals surface area contributed by atoms with E-state index < -0.39 is 10.9 Å². The van der Waals surface area contributed by atoms with E-state index in [9.17, 15) is 13.2 Å². The van der Waals surface area contributed by atoms with Crippen LogP contribution in [0, 0.1) is 5.41 Å². The minimum absolute atomic E-state index is 0.0490. The third-order valence-electron chi connectivity index (χ3n) is 1.79. The molecule has 1 unspecified atom stereocenters. The quantitative estimate of drug-likeness (QED) is 0.710. The van der Waals surface area contributed by atoms with Crippen molar-refractivity contribution in [2.75, 3.05) is 12.4 Å². The summed E-state index contributed by atoms with van der Waals surface area (Å²) < 4.78 is 35.1. The number of halogens is 3. The van der Waals surface area contributed by atoms with Crippen LogP contribution in [0.4, 0.5) is 13.2 Å². The SMILES string of the molecule is C=CC(C)(CO)CCSC(F)(F)F. The van der Waals surface area contributed by atoms with Gasteiger partial charge in [-0.15, -0.1) is 6.58 Å². The van der Waals surface area contributed by atoms with E-state index in [0.717, 1.165) is 0 Å². The second kappa shape index (κ2) is 4.91. The predicted molar refractivity (Wildman–Crippen MR) is 48.5 cm³/mol. The summed E-state index contributed by atoms with van der Waals surface area (Å²) in [5.41, 5.74) is -4.78. The van der Waals surface area contributed by atoms with E-state index in [1.165, 1.54) is 6.08 Å². The molecule has 0 aromatic rings. The molecule has 1 N–H and O–H groups in total. The fourth-order valence-corrected chi connectivity index (χ4v) is 1.45. The number of aliphatic hydroxyl groups is 1. The molecule has 0 aliphatic rings. The molecule has 0 saturated heterocycles. The summed E-state index contributed by atoms with van der Waals surface area (Å²) >= 11 is -0.0677. The van der Waals surface area contributed by atoms with E-state index in [0.29, 0.717) is 0 Å². The van der Waals surface area contributed by atoms with E-state index in [1.807, 2.05) is 0 Å². The molecule has 0 fully saturated rings. The average Bonchev–Trinajstić information content (AvgIpc) is 2.02. The third-order valence-corrected chi connectivity index (χ3v) is 2.53.